The largest absolute Gasteiger partial charge is 0.382 e. The third kappa shape index (κ3) is 7.71. The van der Waals surface area contributed by atoms with Gasteiger partial charge in [0.25, 0.3) is 0 Å². The first kappa shape index (κ1) is 39.2. The van der Waals surface area contributed by atoms with Crippen molar-refractivity contribution in [3.8, 4) is 35.7 Å². The average Bonchev–Trinajstić information content (AvgIpc) is 3.83. The molecule has 0 fully saturated rings. The summed E-state index contributed by atoms with van der Waals surface area (Å²) in [6.07, 6.45) is 2.53. The Labute approximate surface area is 340 Å². The average molecular weight is 797 g/mol. The number of hydrogen-bond acceptors (Lipinski definition) is 14. The van der Waals surface area contributed by atoms with E-state index in [9.17, 15) is 29.8 Å². The minimum atomic E-state index is -0.437. The van der Waals surface area contributed by atoms with Crippen molar-refractivity contribution >= 4 is 45.3 Å². The van der Waals surface area contributed by atoms with E-state index in [1.165, 1.54) is 36.9 Å². The van der Waals surface area contributed by atoms with Crippen LogP contribution in [0, 0.1) is 57.0 Å². The zero-order valence-corrected chi connectivity index (χ0v) is 31.7. The maximum Gasteiger partial charge on any atom is 0.150 e. The Morgan fingerprint density at radius 2 is 0.983 bits per heavy atom. The Kier molecular flexibility index (Phi) is 10.9. The number of aromatic nitrogens is 8. The molecule has 0 saturated carbocycles. The van der Waals surface area contributed by atoms with E-state index in [4.69, 9.17) is 11.5 Å². The molecule has 0 saturated heterocycles. The molecule has 0 unspecified atom stereocenters. The van der Waals surface area contributed by atoms with Crippen LogP contribution in [-0.2, 0) is 0 Å². The van der Waals surface area contributed by atoms with Gasteiger partial charge < -0.3 is 22.1 Å². The summed E-state index contributed by atoms with van der Waals surface area (Å²) in [7, 11) is 0. The molecule has 0 aliphatic carbocycles. The first-order chi connectivity index (χ1) is 29.0. The minimum absolute atomic E-state index is 0.0690. The lowest BCUT2D eigenvalue weighted by Crippen LogP contribution is -2.15. The monoisotopic (exact) mass is 796 g/mol. The van der Waals surface area contributed by atoms with Crippen molar-refractivity contribution in [2.75, 3.05) is 22.1 Å². The Balaban J connectivity index is 0.000000181. The normalized spacial score (nSPS) is 11.6. The number of halogens is 2. The van der Waals surface area contributed by atoms with E-state index in [2.05, 4.69) is 52.7 Å². The first-order valence-electron chi connectivity index (χ1n) is 17.9. The van der Waals surface area contributed by atoms with Gasteiger partial charge >= 0.3 is 0 Å². The lowest BCUT2D eigenvalue weighted by atomic mass is 10.2. The molecule has 8 aromatic rings. The Hall–Kier alpha value is -9.00. The van der Waals surface area contributed by atoms with E-state index < -0.39 is 23.7 Å². The molecule has 60 heavy (non-hydrogen) atoms. The zero-order chi connectivity index (χ0) is 42.5. The number of nitrogen functional groups attached to an aromatic ring is 2. The fourth-order valence-corrected chi connectivity index (χ4v) is 6.46. The van der Waals surface area contributed by atoms with Gasteiger partial charge in [0.05, 0.1) is 57.4 Å². The summed E-state index contributed by atoms with van der Waals surface area (Å²) in [6, 6.07) is 29.9. The summed E-state index contributed by atoms with van der Waals surface area (Å²) in [5.74, 6) is 0.976. The number of rotatable bonds is 8. The number of benzene rings is 4. The van der Waals surface area contributed by atoms with E-state index in [1.807, 2.05) is 38.1 Å². The summed E-state index contributed by atoms with van der Waals surface area (Å²) < 4.78 is 31.5. The molecule has 0 spiro atoms. The maximum atomic E-state index is 14.0. The van der Waals surface area contributed by atoms with Crippen molar-refractivity contribution in [2.24, 2.45) is 0 Å². The van der Waals surface area contributed by atoms with Gasteiger partial charge in [0.2, 0.25) is 0 Å². The van der Waals surface area contributed by atoms with Crippen molar-refractivity contribution in [1.29, 1.82) is 21.0 Å². The molecule has 0 amide bonds. The molecule has 18 heteroatoms. The van der Waals surface area contributed by atoms with Gasteiger partial charge in [-0.2, -0.15) is 21.0 Å². The molecule has 16 nitrogen and oxygen atoms in total. The number of nitrogens with one attached hydrogen (secondary N) is 2. The van der Waals surface area contributed by atoms with E-state index in [0.717, 1.165) is 0 Å². The number of anilines is 4. The van der Waals surface area contributed by atoms with E-state index in [0.29, 0.717) is 56.2 Å². The first-order valence-corrected chi connectivity index (χ1v) is 17.9. The Bertz CT molecular complexity index is 2900. The number of fused-ring (bicyclic) bond motifs is 2. The standard InChI is InChI=1S/2C21H15FN8/c2*1-12(28-20-16(10-24)19(25)26-11-27-20)21-29-17-6-5-14(22)8-18(17)30(21)15-4-2-3-13(7-15)9-23/h2*2-8,11-12H,1H3,(H3,25,26,27,28)/t2*12-/m10/s1. The molecule has 0 radical (unpaired) electrons. The fourth-order valence-electron chi connectivity index (χ4n) is 6.46. The SMILES string of the molecule is C[C@@H](Nc1ncnc(N)c1C#N)c1nc2ccc(F)cc2n1-c1cccc(C#N)c1.C[C@H](Nc1ncnc(N)c1C#N)c1nc2ccc(F)cc2n1-c1cccc(C#N)c1. The molecule has 0 aliphatic rings. The lowest BCUT2D eigenvalue weighted by Gasteiger charge is -2.18. The predicted octanol–water partition coefficient (Wildman–Crippen LogP) is 6.91. The number of nitrogens with two attached hydrogens (primary N) is 2. The second-order valence-electron chi connectivity index (χ2n) is 13.1. The van der Waals surface area contributed by atoms with Gasteiger partial charge in [-0.05, 0) is 74.5 Å². The molecule has 4 aromatic heterocycles. The van der Waals surface area contributed by atoms with Crippen molar-refractivity contribution in [3.05, 3.63) is 143 Å². The van der Waals surface area contributed by atoms with Gasteiger partial charge in [-0.1, -0.05) is 12.1 Å². The number of nitrogens with zero attached hydrogens (tertiary/aromatic N) is 12. The molecule has 4 aromatic carbocycles. The molecule has 0 aliphatic heterocycles. The third-order valence-corrected chi connectivity index (χ3v) is 9.21. The summed E-state index contributed by atoms with van der Waals surface area (Å²) >= 11 is 0. The van der Waals surface area contributed by atoms with Crippen LogP contribution in [-0.4, -0.2) is 39.0 Å². The number of hydrogen-bond donors (Lipinski definition) is 4. The second kappa shape index (κ2) is 16.6. The zero-order valence-electron chi connectivity index (χ0n) is 31.7. The highest BCUT2D eigenvalue weighted by Gasteiger charge is 2.23. The number of imidazole rings is 2. The van der Waals surface area contributed by atoms with Crippen LogP contribution in [0.5, 0.6) is 0 Å². The van der Waals surface area contributed by atoms with Gasteiger partial charge in [-0.25, -0.2) is 38.7 Å². The summed E-state index contributed by atoms with van der Waals surface area (Å²) in [6.45, 7) is 3.67. The fraction of sp³-hybridized carbons (Fsp3) is 0.0952. The Morgan fingerprint density at radius 3 is 1.37 bits per heavy atom. The van der Waals surface area contributed by atoms with Gasteiger partial charge in [0.1, 0.15) is 82.5 Å². The number of nitriles is 4. The quantitative estimate of drug-likeness (QED) is 0.122. The van der Waals surface area contributed by atoms with Gasteiger partial charge in [0.15, 0.2) is 0 Å². The van der Waals surface area contributed by atoms with E-state index in [-0.39, 0.29) is 34.4 Å². The molecule has 0 bridgehead atoms. The molecule has 6 N–H and O–H groups in total. The van der Waals surface area contributed by atoms with E-state index in [1.54, 1.807) is 57.7 Å². The van der Waals surface area contributed by atoms with Crippen molar-refractivity contribution in [3.63, 3.8) is 0 Å². The molecule has 8 rings (SSSR count). The highest BCUT2D eigenvalue weighted by molar-refractivity contribution is 5.80. The van der Waals surface area contributed by atoms with E-state index >= 15 is 0 Å². The lowest BCUT2D eigenvalue weighted by molar-refractivity contribution is 0.628. The maximum absolute atomic E-state index is 14.0. The van der Waals surface area contributed by atoms with Gasteiger partial charge in [-0.15, -0.1) is 0 Å². The minimum Gasteiger partial charge on any atom is -0.382 e. The van der Waals surface area contributed by atoms with Crippen LogP contribution in [0.25, 0.3) is 33.4 Å². The highest BCUT2D eigenvalue weighted by Crippen LogP contribution is 2.31. The molecular formula is C42H30F2N16. The van der Waals surface area contributed by atoms with Gasteiger partial charge in [0, 0.05) is 23.5 Å². The van der Waals surface area contributed by atoms with Crippen LogP contribution >= 0.6 is 0 Å². The van der Waals surface area contributed by atoms with Crippen LogP contribution in [0.2, 0.25) is 0 Å². The molecular weight excluding hydrogens is 767 g/mol. The third-order valence-electron chi connectivity index (χ3n) is 9.21. The topological polar surface area (TPSA) is 258 Å². The van der Waals surface area contributed by atoms with Gasteiger partial charge in [-0.3, -0.25) is 9.13 Å². The van der Waals surface area contributed by atoms with Crippen LogP contribution in [0.1, 0.15) is 59.8 Å². The molecule has 292 valence electrons. The predicted molar refractivity (Wildman–Crippen MR) is 218 cm³/mol. The second-order valence-corrected chi connectivity index (χ2v) is 13.1. The smallest absolute Gasteiger partial charge is 0.150 e. The summed E-state index contributed by atoms with van der Waals surface area (Å²) in [4.78, 5) is 25.2. The van der Waals surface area contributed by atoms with Crippen molar-refractivity contribution in [2.45, 2.75) is 25.9 Å². The van der Waals surface area contributed by atoms with Crippen LogP contribution < -0.4 is 22.1 Å². The summed E-state index contributed by atoms with van der Waals surface area (Å²) in [5, 5.41) is 43.6. The van der Waals surface area contributed by atoms with Crippen molar-refractivity contribution in [1.82, 2.24) is 39.0 Å². The van der Waals surface area contributed by atoms with Crippen LogP contribution in [0.4, 0.5) is 32.1 Å². The molecule has 4 heterocycles. The highest BCUT2D eigenvalue weighted by atomic mass is 19.1. The van der Waals surface area contributed by atoms with Crippen LogP contribution in [0.3, 0.4) is 0 Å². The Morgan fingerprint density at radius 1 is 0.567 bits per heavy atom. The molecule has 2 atom stereocenters. The van der Waals surface area contributed by atoms with Crippen molar-refractivity contribution < 1.29 is 8.78 Å². The van der Waals surface area contributed by atoms with Crippen LogP contribution in [0.15, 0.2) is 97.6 Å². The summed E-state index contributed by atoms with van der Waals surface area (Å²) in [5.41, 5.74) is 16.3.